The third kappa shape index (κ3) is 11.2. The number of benzene rings is 1. The van der Waals surface area contributed by atoms with Crippen LogP contribution in [0, 0.1) is 11.8 Å². The number of primary amides is 1. The van der Waals surface area contributed by atoms with Gasteiger partial charge in [0.05, 0.1) is 0 Å². The molecule has 1 heterocycles. The molecule has 1 aromatic carbocycles. The van der Waals surface area contributed by atoms with E-state index in [1.54, 1.807) is 27.7 Å². The Bertz CT molecular complexity index is 1300. The van der Waals surface area contributed by atoms with Gasteiger partial charge in [0.15, 0.2) is 0 Å². The highest BCUT2D eigenvalue weighted by Crippen LogP contribution is 2.40. The Labute approximate surface area is 260 Å². The first-order chi connectivity index (χ1) is 20.7. The predicted molar refractivity (Wildman–Crippen MR) is 166 cm³/mol. The number of unbranched alkanes of at least 4 members (excludes halogenated alkanes) is 3. The molecule has 0 aromatic heterocycles. The van der Waals surface area contributed by atoms with Gasteiger partial charge in [-0.05, 0) is 77.7 Å². The summed E-state index contributed by atoms with van der Waals surface area (Å²) in [6.45, 7) is 7.35. The van der Waals surface area contributed by atoms with Crippen molar-refractivity contribution < 1.29 is 32.3 Å². The number of nitrogens with two attached hydrogens (primary N) is 1. The SMILES string of the molecule is C[C@H](NS(=O)(=O)NC(=O)[C@H]1CC1/C=C\CCCCC[C@H](NC(=O)OC(C)(C)C)C(=O)N1CCC[C@H]1C(N)=O)c1ccccc1. The van der Waals surface area contributed by atoms with Gasteiger partial charge >= 0.3 is 16.3 Å². The number of likely N-dealkylation sites (tertiary alicyclic amines) is 1. The number of carbonyl (C=O) groups excluding carboxylic acids is 4. The number of rotatable bonds is 15. The molecule has 244 valence electrons. The van der Waals surface area contributed by atoms with Crippen molar-refractivity contribution >= 4 is 34.0 Å². The summed E-state index contributed by atoms with van der Waals surface area (Å²) in [6, 6.07) is 7.12. The molecule has 3 rings (SSSR count). The molecule has 0 radical (unpaired) electrons. The number of carbonyl (C=O) groups is 4. The Kier molecular flexibility index (Phi) is 12.4. The third-order valence-corrected chi connectivity index (χ3v) is 8.78. The van der Waals surface area contributed by atoms with Gasteiger partial charge in [0, 0.05) is 18.5 Å². The van der Waals surface area contributed by atoms with Crippen molar-refractivity contribution in [2.45, 2.75) is 103 Å². The zero-order valence-corrected chi connectivity index (χ0v) is 26.9. The molecule has 0 bridgehead atoms. The Hall–Kier alpha value is -3.45. The maximum Gasteiger partial charge on any atom is 0.408 e. The van der Waals surface area contributed by atoms with Crippen LogP contribution < -0.4 is 20.5 Å². The van der Waals surface area contributed by atoms with E-state index in [0.717, 1.165) is 24.8 Å². The highest BCUT2D eigenvalue weighted by atomic mass is 32.2. The number of ether oxygens (including phenoxy) is 1. The van der Waals surface area contributed by atoms with Gasteiger partial charge in [-0.25, -0.2) is 9.52 Å². The van der Waals surface area contributed by atoms with Crippen LogP contribution in [0.5, 0.6) is 0 Å². The van der Waals surface area contributed by atoms with Gasteiger partial charge in [0.1, 0.15) is 17.7 Å². The fourth-order valence-corrected chi connectivity index (χ4v) is 6.38. The number of nitrogens with zero attached hydrogens (tertiary/aromatic N) is 1. The first-order valence-electron chi connectivity index (χ1n) is 15.3. The number of hydrogen-bond acceptors (Lipinski definition) is 7. The number of amides is 4. The van der Waals surface area contributed by atoms with E-state index < -0.39 is 51.8 Å². The average Bonchev–Trinajstić information content (AvgIpc) is 3.53. The van der Waals surface area contributed by atoms with Crippen LogP contribution in [0.1, 0.15) is 90.7 Å². The number of alkyl carbamates (subject to hydrolysis) is 1. The third-order valence-electron chi connectivity index (χ3n) is 7.64. The number of nitrogens with one attached hydrogen (secondary N) is 3. The Morgan fingerprint density at radius 1 is 1.11 bits per heavy atom. The van der Waals surface area contributed by atoms with Crippen molar-refractivity contribution in [1.29, 1.82) is 0 Å². The maximum atomic E-state index is 13.3. The monoisotopic (exact) mass is 633 g/mol. The molecule has 2 fully saturated rings. The fourth-order valence-electron chi connectivity index (χ4n) is 5.30. The van der Waals surface area contributed by atoms with Gasteiger partial charge in [0.25, 0.3) is 0 Å². The van der Waals surface area contributed by atoms with Crippen LogP contribution in [-0.2, 0) is 29.3 Å². The summed E-state index contributed by atoms with van der Waals surface area (Å²) in [5.41, 5.74) is 5.56. The van der Waals surface area contributed by atoms with Crippen molar-refractivity contribution in [3.63, 3.8) is 0 Å². The van der Waals surface area contributed by atoms with E-state index in [2.05, 4.69) is 14.8 Å². The van der Waals surface area contributed by atoms with Crippen molar-refractivity contribution in [3.8, 4) is 0 Å². The zero-order chi connectivity index (χ0) is 32.5. The zero-order valence-electron chi connectivity index (χ0n) is 26.1. The number of allylic oxidation sites excluding steroid dienone is 2. The molecule has 5 N–H and O–H groups in total. The maximum absolute atomic E-state index is 13.3. The van der Waals surface area contributed by atoms with E-state index in [1.165, 1.54) is 4.90 Å². The molecule has 1 aromatic rings. The van der Waals surface area contributed by atoms with Gasteiger partial charge < -0.3 is 20.7 Å². The highest BCUT2D eigenvalue weighted by Gasteiger charge is 2.42. The van der Waals surface area contributed by atoms with Crippen molar-refractivity contribution in [3.05, 3.63) is 48.0 Å². The second kappa shape index (κ2) is 15.5. The highest BCUT2D eigenvalue weighted by molar-refractivity contribution is 7.88. The summed E-state index contributed by atoms with van der Waals surface area (Å²) < 4.78 is 34.8. The van der Waals surface area contributed by atoms with Crippen LogP contribution in [0.2, 0.25) is 0 Å². The molecule has 1 saturated heterocycles. The van der Waals surface area contributed by atoms with Gasteiger partial charge in [0.2, 0.25) is 17.7 Å². The minimum absolute atomic E-state index is 0.00422. The van der Waals surface area contributed by atoms with E-state index in [1.807, 2.05) is 42.5 Å². The van der Waals surface area contributed by atoms with Gasteiger partial charge in [-0.2, -0.15) is 13.1 Å². The summed E-state index contributed by atoms with van der Waals surface area (Å²) >= 11 is 0. The standard InChI is InChI=1S/C31H47N5O7S/c1-21(22-14-10-8-11-15-22)34-44(41,42)35-28(38)24-20-23(24)16-9-6-5-7-12-17-25(33-30(40)43-31(2,3)4)29(39)36-19-13-18-26(36)27(32)37/h8-11,14-16,21,23-26,34H,5-7,12-13,17-20H2,1-4H3,(H2,32,37)(H,33,40)(H,35,38)/b16-9-/t21-,23?,24-,25-,26-/m0/s1. The minimum atomic E-state index is -3.99. The summed E-state index contributed by atoms with van der Waals surface area (Å²) in [7, 11) is -3.99. The molecule has 5 atom stereocenters. The molecule has 1 saturated carbocycles. The van der Waals surface area contributed by atoms with Crippen LogP contribution in [-0.4, -0.2) is 61.4 Å². The lowest BCUT2D eigenvalue weighted by Gasteiger charge is -2.28. The molecular weight excluding hydrogens is 586 g/mol. The van der Waals surface area contributed by atoms with E-state index in [-0.39, 0.29) is 17.7 Å². The minimum Gasteiger partial charge on any atom is -0.444 e. The Morgan fingerprint density at radius 2 is 1.82 bits per heavy atom. The molecule has 13 heteroatoms. The predicted octanol–water partition coefficient (Wildman–Crippen LogP) is 3.21. The van der Waals surface area contributed by atoms with E-state index in [0.29, 0.717) is 38.6 Å². The normalized spacial score (nSPS) is 21.5. The van der Waals surface area contributed by atoms with E-state index >= 15 is 0 Å². The second-order valence-corrected chi connectivity index (χ2v) is 14.0. The molecule has 1 aliphatic heterocycles. The molecule has 2 aliphatic rings. The van der Waals surface area contributed by atoms with Gasteiger partial charge in [-0.15, -0.1) is 0 Å². The van der Waals surface area contributed by atoms with Crippen molar-refractivity contribution in [1.82, 2.24) is 19.7 Å². The van der Waals surface area contributed by atoms with Gasteiger partial charge in [-0.3, -0.25) is 14.4 Å². The van der Waals surface area contributed by atoms with Crippen LogP contribution >= 0.6 is 0 Å². The average molecular weight is 634 g/mol. The van der Waals surface area contributed by atoms with Crippen molar-refractivity contribution in [2.24, 2.45) is 17.6 Å². The summed E-state index contributed by atoms with van der Waals surface area (Å²) in [5, 5.41) is 2.68. The Balaban J connectivity index is 1.40. The van der Waals surface area contributed by atoms with E-state index in [4.69, 9.17) is 10.5 Å². The molecule has 12 nitrogen and oxygen atoms in total. The van der Waals surface area contributed by atoms with Crippen LogP contribution in [0.15, 0.2) is 42.5 Å². The smallest absolute Gasteiger partial charge is 0.408 e. The van der Waals surface area contributed by atoms with Crippen LogP contribution in [0.3, 0.4) is 0 Å². The van der Waals surface area contributed by atoms with Crippen LogP contribution in [0.25, 0.3) is 0 Å². The lowest BCUT2D eigenvalue weighted by atomic mass is 10.0. The first kappa shape index (κ1) is 35.0. The van der Waals surface area contributed by atoms with E-state index in [9.17, 15) is 27.6 Å². The lowest BCUT2D eigenvalue weighted by molar-refractivity contribution is -0.139. The molecule has 4 amide bonds. The topological polar surface area (TPSA) is 177 Å². The molecular formula is C31H47N5O7S. The second-order valence-electron chi connectivity index (χ2n) is 12.6. The number of hydrogen-bond donors (Lipinski definition) is 4. The lowest BCUT2D eigenvalue weighted by Crippen LogP contribution is -2.53. The summed E-state index contributed by atoms with van der Waals surface area (Å²) in [5.74, 6) is -1.78. The van der Waals surface area contributed by atoms with Crippen LogP contribution in [0.4, 0.5) is 4.79 Å². The molecule has 0 spiro atoms. The Morgan fingerprint density at radius 3 is 2.48 bits per heavy atom. The fraction of sp³-hybridized carbons (Fsp3) is 0.613. The first-order valence-corrected chi connectivity index (χ1v) is 16.8. The van der Waals surface area contributed by atoms with Crippen molar-refractivity contribution in [2.75, 3.05) is 6.54 Å². The summed E-state index contributed by atoms with van der Waals surface area (Å²) in [4.78, 5) is 51.5. The largest absolute Gasteiger partial charge is 0.444 e. The summed E-state index contributed by atoms with van der Waals surface area (Å²) in [6.07, 6.45) is 8.46. The quantitative estimate of drug-likeness (QED) is 0.169. The molecule has 1 aliphatic carbocycles. The van der Waals surface area contributed by atoms with Gasteiger partial charge in [-0.1, -0.05) is 55.3 Å². The molecule has 44 heavy (non-hydrogen) atoms. The molecule has 1 unspecified atom stereocenters.